The summed E-state index contributed by atoms with van der Waals surface area (Å²) in [7, 11) is -1.01. The Bertz CT molecular complexity index is 1230. The highest BCUT2D eigenvalue weighted by molar-refractivity contribution is 7.89. The van der Waals surface area contributed by atoms with E-state index in [0.717, 1.165) is 23.8 Å². The maximum Gasteiger partial charge on any atom is 0.258 e. The van der Waals surface area contributed by atoms with Gasteiger partial charge in [-0.2, -0.15) is 0 Å². The summed E-state index contributed by atoms with van der Waals surface area (Å²) in [4.78, 5) is 12.5. The van der Waals surface area contributed by atoms with Crippen molar-refractivity contribution in [3.8, 4) is 11.5 Å². The van der Waals surface area contributed by atoms with E-state index in [0.29, 0.717) is 22.7 Å². The molecule has 0 bridgehead atoms. The highest BCUT2D eigenvalue weighted by Gasteiger charge is 2.20. The molecular weight excluding hydrogens is 435 g/mol. The van der Waals surface area contributed by atoms with E-state index in [1.807, 2.05) is 6.92 Å². The van der Waals surface area contributed by atoms with Crippen LogP contribution in [0.5, 0.6) is 11.5 Å². The molecule has 0 saturated carbocycles. The quantitative estimate of drug-likeness (QED) is 0.534. The maximum absolute atomic E-state index is 14.4. The first-order chi connectivity index (χ1) is 15.2. The number of hydrogen-bond donors (Lipinski definition) is 2. The van der Waals surface area contributed by atoms with Gasteiger partial charge in [0.2, 0.25) is 10.0 Å². The second-order valence-corrected chi connectivity index (χ2v) is 8.74. The predicted molar refractivity (Wildman–Crippen MR) is 119 cm³/mol. The summed E-state index contributed by atoms with van der Waals surface area (Å²) in [5, 5.41) is 2.58. The minimum Gasteiger partial charge on any atom is -0.497 e. The zero-order valence-electron chi connectivity index (χ0n) is 17.8. The number of methoxy groups -OCH3 is 2. The fourth-order valence-corrected chi connectivity index (χ4v) is 4.00. The van der Waals surface area contributed by atoms with Gasteiger partial charge in [0.1, 0.15) is 17.3 Å². The number of carbonyl (C=O) groups excluding carboxylic acids is 1. The molecule has 7 nitrogen and oxygen atoms in total. The number of benzene rings is 3. The standard InChI is InChI=1S/C23H23FN2O5S/c1-15-4-11-22(31-3)21(12-15)26-23(27)19-13-18(9-10-20(19)24)32(28,29)25-14-16-5-7-17(30-2)8-6-16/h4-13,25H,14H2,1-3H3,(H,26,27). The topological polar surface area (TPSA) is 93.7 Å². The summed E-state index contributed by atoms with van der Waals surface area (Å²) >= 11 is 0. The molecule has 2 N–H and O–H groups in total. The Labute approximate surface area is 186 Å². The van der Waals surface area contributed by atoms with E-state index < -0.39 is 27.3 Å². The van der Waals surface area contributed by atoms with Gasteiger partial charge in [-0.25, -0.2) is 17.5 Å². The van der Waals surface area contributed by atoms with Crippen LogP contribution in [0.1, 0.15) is 21.5 Å². The van der Waals surface area contributed by atoms with Crippen molar-refractivity contribution in [3.05, 3.63) is 83.2 Å². The monoisotopic (exact) mass is 458 g/mol. The smallest absolute Gasteiger partial charge is 0.258 e. The van der Waals surface area contributed by atoms with Gasteiger partial charge in [0.05, 0.1) is 30.4 Å². The van der Waals surface area contributed by atoms with Gasteiger partial charge in [0.25, 0.3) is 5.91 Å². The number of hydrogen-bond acceptors (Lipinski definition) is 5. The van der Waals surface area contributed by atoms with Crippen LogP contribution in [0, 0.1) is 12.7 Å². The second kappa shape index (κ2) is 9.80. The molecule has 0 heterocycles. The molecule has 0 fully saturated rings. The first-order valence-corrected chi connectivity index (χ1v) is 11.1. The van der Waals surface area contributed by atoms with Gasteiger partial charge >= 0.3 is 0 Å². The molecule has 0 aromatic heterocycles. The van der Waals surface area contributed by atoms with E-state index in [2.05, 4.69) is 10.0 Å². The van der Waals surface area contributed by atoms with Crippen molar-refractivity contribution in [2.75, 3.05) is 19.5 Å². The van der Waals surface area contributed by atoms with Crippen LogP contribution < -0.4 is 19.5 Å². The first kappa shape index (κ1) is 23.2. The number of nitrogens with one attached hydrogen (secondary N) is 2. The van der Waals surface area contributed by atoms with E-state index in [9.17, 15) is 17.6 Å². The third-order valence-corrected chi connectivity index (χ3v) is 6.12. The van der Waals surface area contributed by atoms with Crippen molar-refractivity contribution in [1.29, 1.82) is 0 Å². The predicted octanol–water partition coefficient (Wildman–Crippen LogP) is 3.88. The zero-order valence-corrected chi connectivity index (χ0v) is 18.6. The molecule has 1 amide bonds. The normalized spacial score (nSPS) is 11.1. The molecule has 0 aliphatic carbocycles. The van der Waals surface area contributed by atoms with E-state index >= 15 is 0 Å². The lowest BCUT2D eigenvalue weighted by Gasteiger charge is -2.13. The molecule has 0 saturated heterocycles. The summed E-state index contributed by atoms with van der Waals surface area (Å²) in [6.45, 7) is 1.85. The number of rotatable bonds is 8. The minimum atomic E-state index is -3.99. The molecule has 0 aliphatic heterocycles. The number of halogens is 1. The largest absolute Gasteiger partial charge is 0.497 e. The Hall–Kier alpha value is -3.43. The van der Waals surface area contributed by atoms with Gasteiger partial charge < -0.3 is 14.8 Å². The van der Waals surface area contributed by atoms with Crippen molar-refractivity contribution in [2.45, 2.75) is 18.4 Å². The van der Waals surface area contributed by atoms with Crippen molar-refractivity contribution in [1.82, 2.24) is 4.72 Å². The lowest BCUT2D eigenvalue weighted by atomic mass is 10.1. The van der Waals surface area contributed by atoms with Gasteiger partial charge in [-0.3, -0.25) is 4.79 Å². The molecular formula is C23H23FN2O5S. The van der Waals surface area contributed by atoms with Gasteiger partial charge in [0.15, 0.2) is 0 Å². The number of ether oxygens (including phenoxy) is 2. The number of amides is 1. The van der Waals surface area contributed by atoms with Crippen molar-refractivity contribution in [2.24, 2.45) is 0 Å². The SMILES string of the molecule is COc1ccc(CNS(=O)(=O)c2ccc(F)c(C(=O)Nc3cc(C)ccc3OC)c2)cc1. The number of aryl methyl sites for hydroxylation is 1. The van der Waals surface area contributed by atoms with Gasteiger partial charge in [-0.05, 0) is 60.5 Å². The fourth-order valence-electron chi connectivity index (χ4n) is 2.96. The van der Waals surface area contributed by atoms with Crippen LogP contribution >= 0.6 is 0 Å². The van der Waals surface area contributed by atoms with Gasteiger partial charge in [0, 0.05) is 6.54 Å². The molecule has 0 atom stereocenters. The minimum absolute atomic E-state index is 0.0196. The third kappa shape index (κ3) is 5.43. The average molecular weight is 459 g/mol. The molecule has 32 heavy (non-hydrogen) atoms. The van der Waals surface area contributed by atoms with Gasteiger partial charge in [-0.1, -0.05) is 18.2 Å². The molecule has 9 heteroatoms. The molecule has 3 aromatic rings. The van der Waals surface area contributed by atoms with Crippen LogP contribution in [0.4, 0.5) is 10.1 Å². The van der Waals surface area contributed by atoms with E-state index in [1.165, 1.54) is 14.2 Å². The molecule has 0 radical (unpaired) electrons. The van der Waals surface area contributed by atoms with Crippen LogP contribution in [0.15, 0.2) is 65.6 Å². The molecule has 0 aliphatic rings. The Morgan fingerprint density at radius 1 is 0.969 bits per heavy atom. The lowest BCUT2D eigenvalue weighted by molar-refractivity contribution is 0.102. The summed E-state index contributed by atoms with van der Waals surface area (Å²) < 4.78 is 52.5. The van der Waals surface area contributed by atoms with Crippen LogP contribution in [-0.4, -0.2) is 28.5 Å². The third-order valence-electron chi connectivity index (χ3n) is 4.72. The Balaban J connectivity index is 1.80. The van der Waals surface area contributed by atoms with E-state index in [-0.39, 0.29) is 11.4 Å². The highest BCUT2D eigenvalue weighted by Crippen LogP contribution is 2.26. The van der Waals surface area contributed by atoms with Crippen molar-refractivity contribution >= 4 is 21.6 Å². The van der Waals surface area contributed by atoms with Crippen molar-refractivity contribution < 1.29 is 27.1 Å². The Morgan fingerprint density at radius 2 is 1.69 bits per heavy atom. The Kier molecular flexibility index (Phi) is 7.12. The maximum atomic E-state index is 14.4. The number of carbonyl (C=O) groups is 1. The molecule has 168 valence electrons. The van der Waals surface area contributed by atoms with E-state index in [1.54, 1.807) is 42.5 Å². The lowest BCUT2D eigenvalue weighted by Crippen LogP contribution is -2.24. The summed E-state index contributed by atoms with van der Waals surface area (Å²) in [5.74, 6) is -0.591. The molecule has 3 aromatic carbocycles. The van der Waals surface area contributed by atoms with Crippen molar-refractivity contribution in [3.63, 3.8) is 0 Å². The van der Waals surface area contributed by atoms with Crippen LogP contribution in [0.3, 0.4) is 0 Å². The highest BCUT2D eigenvalue weighted by atomic mass is 32.2. The first-order valence-electron chi connectivity index (χ1n) is 9.61. The molecule has 0 spiro atoms. The van der Waals surface area contributed by atoms with Crippen LogP contribution in [0.25, 0.3) is 0 Å². The summed E-state index contributed by atoms with van der Waals surface area (Å²) in [6.07, 6.45) is 0. The molecule has 3 rings (SSSR count). The zero-order chi connectivity index (χ0) is 23.3. The average Bonchev–Trinajstić information content (AvgIpc) is 2.78. The summed E-state index contributed by atoms with van der Waals surface area (Å²) in [5.41, 5.74) is 1.52. The Morgan fingerprint density at radius 3 is 2.34 bits per heavy atom. The van der Waals surface area contributed by atoms with Crippen LogP contribution in [0.2, 0.25) is 0 Å². The fraction of sp³-hybridized carbons (Fsp3) is 0.174. The van der Waals surface area contributed by atoms with E-state index in [4.69, 9.17) is 9.47 Å². The molecule has 0 unspecified atom stereocenters. The number of sulfonamides is 1. The van der Waals surface area contributed by atoms with Crippen LogP contribution in [-0.2, 0) is 16.6 Å². The van der Waals surface area contributed by atoms with Gasteiger partial charge in [-0.15, -0.1) is 0 Å². The second-order valence-electron chi connectivity index (χ2n) is 6.97. The number of anilines is 1. The summed E-state index contributed by atoms with van der Waals surface area (Å²) in [6, 6.07) is 15.1.